The van der Waals surface area contributed by atoms with Gasteiger partial charge < -0.3 is 10.5 Å². The molecule has 1 atom stereocenters. The Kier molecular flexibility index (Phi) is 4.47. The predicted molar refractivity (Wildman–Crippen MR) is 64.2 cm³/mol. The Morgan fingerprint density at radius 2 is 2.12 bits per heavy atom. The molecule has 4 nitrogen and oxygen atoms in total. The molecule has 6 heteroatoms. The van der Waals surface area contributed by atoms with Gasteiger partial charge in [-0.1, -0.05) is 6.07 Å². The molecule has 0 amide bonds. The summed E-state index contributed by atoms with van der Waals surface area (Å²) in [6.45, 7) is 0. The van der Waals surface area contributed by atoms with Gasteiger partial charge in [0, 0.05) is 12.3 Å². The van der Waals surface area contributed by atoms with Crippen LogP contribution >= 0.6 is 0 Å². The van der Waals surface area contributed by atoms with Crippen LogP contribution in [0.2, 0.25) is 0 Å². The van der Waals surface area contributed by atoms with Crippen LogP contribution in [0.5, 0.6) is 5.75 Å². The molecule has 0 fully saturated rings. The Morgan fingerprint density at radius 3 is 2.65 bits per heavy atom. The van der Waals surface area contributed by atoms with Gasteiger partial charge in [-0.3, -0.25) is 0 Å². The second-order valence-electron chi connectivity index (χ2n) is 3.92. The molecule has 2 N–H and O–H groups in total. The van der Waals surface area contributed by atoms with Crippen LogP contribution in [0.3, 0.4) is 0 Å². The lowest BCUT2D eigenvalue weighted by Crippen LogP contribution is -2.15. The molecule has 0 saturated carbocycles. The highest BCUT2D eigenvalue weighted by Crippen LogP contribution is 2.23. The molecule has 17 heavy (non-hydrogen) atoms. The Morgan fingerprint density at radius 1 is 1.47 bits per heavy atom. The van der Waals surface area contributed by atoms with Gasteiger partial charge in [0.2, 0.25) is 0 Å². The smallest absolute Gasteiger partial charge is 0.165 e. The number of sulfone groups is 1. The van der Waals surface area contributed by atoms with E-state index in [0.717, 1.165) is 6.26 Å². The first-order chi connectivity index (χ1) is 7.83. The van der Waals surface area contributed by atoms with E-state index in [1.165, 1.54) is 25.3 Å². The van der Waals surface area contributed by atoms with Gasteiger partial charge in [0.15, 0.2) is 11.6 Å². The van der Waals surface area contributed by atoms with Crippen molar-refractivity contribution >= 4 is 9.84 Å². The van der Waals surface area contributed by atoms with Gasteiger partial charge in [0.25, 0.3) is 0 Å². The molecular weight excluding hydrogens is 245 g/mol. The minimum Gasteiger partial charge on any atom is -0.494 e. The van der Waals surface area contributed by atoms with Crippen molar-refractivity contribution in [3.8, 4) is 5.75 Å². The number of hydrogen-bond donors (Lipinski definition) is 1. The number of benzene rings is 1. The summed E-state index contributed by atoms with van der Waals surface area (Å²) in [5.41, 5.74) is 6.49. The van der Waals surface area contributed by atoms with Crippen LogP contribution in [0.4, 0.5) is 4.39 Å². The summed E-state index contributed by atoms with van der Waals surface area (Å²) in [5, 5.41) is 0. The third-order valence-corrected chi connectivity index (χ3v) is 3.38. The molecule has 0 spiro atoms. The summed E-state index contributed by atoms with van der Waals surface area (Å²) in [6.07, 6.45) is 1.46. The number of methoxy groups -OCH3 is 1. The molecule has 0 radical (unpaired) electrons. The Bertz CT molecular complexity index is 487. The van der Waals surface area contributed by atoms with Crippen LogP contribution in [0.1, 0.15) is 18.0 Å². The molecule has 1 aromatic carbocycles. The van der Waals surface area contributed by atoms with E-state index < -0.39 is 21.7 Å². The summed E-state index contributed by atoms with van der Waals surface area (Å²) in [6, 6.07) is 3.83. The second kappa shape index (κ2) is 5.46. The van der Waals surface area contributed by atoms with Crippen LogP contribution in [0, 0.1) is 5.82 Å². The highest BCUT2D eigenvalue weighted by atomic mass is 32.2. The van der Waals surface area contributed by atoms with E-state index in [4.69, 9.17) is 10.5 Å². The first-order valence-electron chi connectivity index (χ1n) is 5.10. The zero-order valence-electron chi connectivity index (χ0n) is 9.81. The SMILES string of the molecule is COc1cc(C(N)CCS(C)(=O)=O)ccc1F. The minimum absolute atomic E-state index is 0.00780. The average molecular weight is 261 g/mol. The van der Waals surface area contributed by atoms with E-state index in [9.17, 15) is 12.8 Å². The van der Waals surface area contributed by atoms with Crippen molar-refractivity contribution in [1.82, 2.24) is 0 Å². The zero-order chi connectivity index (χ0) is 13.1. The van der Waals surface area contributed by atoms with Gasteiger partial charge >= 0.3 is 0 Å². The van der Waals surface area contributed by atoms with Crippen molar-refractivity contribution < 1.29 is 17.5 Å². The van der Waals surface area contributed by atoms with Crippen molar-refractivity contribution in [3.05, 3.63) is 29.6 Å². The maximum absolute atomic E-state index is 13.1. The fourth-order valence-electron chi connectivity index (χ4n) is 1.41. The quantitative estimate of drug-likeness (QED) is 0.866. The fraction of sp³-hybridized carbons (Fsp3) is 0.455. The van der Waals surface area contributed by atoms with Crippen molar-refractivity contribution in [2.75, 3.05) is 19.1 Å². The van der Waals surface area contributed by atoms with Crippen molar-refractivity contribution in [3.63, 3.8) is 0 Å². The van der Waals surface area contributed by atoms with Crippen LogP contribution in [0.15, 0.2) is 18.2 Å². The summed E-state index contributed by atoms with van der Waals surface area (Å²) >= 11 is 0. The summed E-state index contributed by atoms with van der Waals surface area (Å²) in [7, 11) is -1.67. The van der Waals surface area contributed by atoms with Gasteiger partial charge in [0.05, 0.1) is 12.9 Å². The normalized spacial score (nSPS) is 13.4. The van der Waals surface area contributed by atoms with E-state index in [1.54, 1.807) is 0 Å². The van der Waals surface area contributed by atoms with Gasteiger partial charge in [0.1, 0.15) is 9.84 Å². The number of rotatable bonds is 5. The molecule has 1 unspecified atom stereocenters. The van der Waals surface area contributed by atoms with Crippen LogP contribution in [0.25, 0.3) is 0 Å². The van der Waals surface area contributed by atoms with Crippen molar-refractivity contribution in [2.45, 2.75) is 12.5 Å². The summed E-state index contributed by atoms with van der Waals surface area (Å²) in [5.74, 6) is -0.350. The lowest BCUT2D eigenvalue weighted by atomic mass is 10.1. The largest absolute Gasteiger partial charge is 0.494 e. The van der Waals surface area contributed by atoms with Gasteiger partial charge in [-0.25, -0.2) is 12.8 Å². The van der Waals surface area contributed by atoms with Gasteiger partial charge in [-0.15, -0.1) is 0 Å². The third kappa shape index (κ3) is 4.32. The molecule has 96 valence electrons. The molecule has 1 rings (SSSR count). The van der Waals surface area contributed by atoms with Crippen LogP contribution in [-0.4, -0.2) is 27.5 Å². The molecular formula is C11H16FNO3S. The molecule has 0 bridgehead atoms. The highest BCUT2D eigenvalue weighted by Gasteiger charge is 2.12. The van der Waals surface area contributed by atoms with Gasteiger partial charge in [-0.05, 0) is 24.1 Å². The number of hydrogen-bond acceptors (Lipinski definition) is 4. The lowest BCUT2D eigenvalue weighted by molar-refractivity contribution is 0.385. The summed E-state index contributed by atoms with van der Waals surface area (Å²) in [4.78, 5) is 0. The number of ether oxygens (including phenoxy) is 1. The molecule has 0 aliphatic heterocycles. The Labute approximate surface area is 101 Å². The van der Waals surface area contributed by atoms with E-state index >= 15 is 0 Å². The van der Waals surface area contributed by atoms with Crippen molar-refractivity contribution in [2.24, 2.45) is 5.73 Å². The standard InChI is InChI=1S/C11H16FNO3S/c1-16-11-7-8(3-4-9(11)12)10(13)5-6-17(2,14)15/h3-4,7,10H,5-6,13H2,1-2H3. The highest BCUT2D eigenvalue weighted by molar-refractivity contribution is 7.90. The first-order valence-corrected chi connectivity index (χ1v) is 7.16. The lowest BCUT2D eigenvalue weighted by Gasteiger charge is -2.12. The average Bonchev–Trinajstić information content (AvgIpc) is 2.25. The molecule has 0 aromatic heterocycles. The molecule has 0 saturated heterocycles. The molecule has 0 aliphatic rings. The van der Waals surface area contributed by atoms with Crippen molar-refractivity contribution in [1.29, 1.82) is 0 Å². The molecule has 0 heterocycles. The predicted octanol–water partition coefficient (Wildman–Crippen LogP) is 1.27. The maximum atomic E-state index is 13.1. The Balaban J connectivity index is 2.79. The summed E-state index contributed by atoms with van der Waals surface area (Å²) < 4.78 is 40.0. The minimum atomic E-state index is -3.04. The maximum Gasteiger partial charge on any atom is 0.165 e. The molecule has 0 aliphatic carbocycles. The Hall–Kier alpha value is -1.14. The first kappa shape index (κ1) is 13.9. The van der Waals surface area contributed by atoms with Gasteiger partial charge in [-0.2, -0.15) is 0 Å². The van der Waals surface area contributed by atoms with E-state index in [0.29, 0.717) is 12.0 Å². The zero-order valence-corrected chi connectivity index (χ0v) is 10.6. The third-order valence-electron chi connectivity index (χ3n) is 2.40. The number of halogens is 1. The van der Waals surface area contributed by atoms with E-state index in [-0.39, 0.29) is 11.5 Å². The second-order valence-corrected chi connectivity index (χ2v) is 6.18. The fourth-order valence-corrected chi connectivity index (χ4v) is 2.10. The number of nitrogens with two attached hydrogens (primary N) is 1. The van der Waals surface area contributed by atoms with E-state index in [1.807, 2.05) is 0 Å². The van der Waals surface area contributed by atoms with Crippen LogP contribution < -0.4 is 10.5 Å². The van der Waals surface area contributed by atoms with Crippen LogP contribution in [-0.2, 0) is 9.84 Å². The molecule has 1 aromatic rings. The monoisotopic (exact) mass is 261 g/mol. The van der Waals surface area contributed by atoms with E-state index in [2.05, 4.69) is 0 Å². The topological polar surface area (TPSA) is 69.4 Å².